The van der Waals surface area contributed by atoms with E-state index in [4.69, 9.17) is 0 Å². The molecule has 2 heterocycles. The van der Waals surface area contributed by atoms with Gasteiger partial charge in [-0.2, -0.15) is 0 Å². The molecule has 0 spiro atoms. The zero-order valence-corrected chi connectivity index (χ0v) is 9.95. The predicted molar refractivity (Wildman–Crippen MR) is 64.7 cm³/mol. The van der Waals surface area contributed by atoms with E-state index in [1.165, 1.54) is 0 Å². The molecular formula is C12H17N3O. The van der Waals surface area contributed by atoms with Crippen LogP contribution in [0.2, 0.25) is 0 Å². The molecule has 1 N–H and O–H groups in total. The van der Waals surface area contributed by atoms with E-state index in [1.807, 2.05) is 19.1 Å². The molecule has 16 heavy (non-hydrogen) atoms. The smallest absolute Gasteiger partial charge is 0.244 e. The number of pyridine rings is 1. The van der Waals surface area contributed by atoms with E-state index >= 15 is 0 Å². The van der Waals surface area contributed by atoms with Crippen molar-refractivity contribution in [2.75, 3.05) is 16.8 Å². The molecule has 1 aliphatic rings. The maximum atomic E-state index is 11.6. The van der Waals surface area contributed by atoms with Gasteiger partial charge in [0.2, 0.25) is 5.91 Å². The molecule has 86 valence electrons. The molecule has 4 heteroatoms. The van der Waals surface area contributed by atoms with E-state index in [2.05, 4.69) is 29.0 Å². The third kappa shape index (κ3) is 1.87. The van der Waals surface area contributed by atoms with E-state index in [-0.39, 0.29) is 5.91 Å². The average molecular weight is 219 g/mol. The van der Waals surface area contributed by atoms with Gasteiger partial charge in [0.15, 0.2) is 5.82 Å². The number of aryl methyl sites for hydroxylation is 1. The Morgan fingerprint density at radius 2 is 2.31 bits per heavy atom. The SMILES string of the molecule is CCC(C)N1CC(=O)Nc2ccc(C)nc21. The average Bonchev–Trinajstić information content (AvgIpc) is 2.27. The molecular weight excluding hydrogens is 202 g/mol. The van der Waals surface area contributed by atoms with Crippen molar-refractivity contribution in [3.05, 3.63) is 17.8 Å². The summed E-state index contributed by atoms with van der Waals surface area (Å²) in [4.78, 5) is 18.1. The van der Waals surface area contributed by atoms with Crippen molar-refractivity contribution >= 4 is 17.4 Å². The van der Waals surface area contributed by atoms with Crippen LogP contribution in [0.25, 0.3) is 0 Å². The van der Waals surface area contributed by atoms with Gasteiger partial charge in [0, 0.05) is 11.7 Å². The number of aromatic nitrogens is 1. The second kappa shape index (κ2) is 4.12. The number of nitrogens with one attached hydrogen (secondary N) is 1. The molecule has 4 nitrogen and oxygen atoms in total. The van der Waals surface area contributed by atoms with Crippen LogP contribution in [0.1, 0.15) is 26.0 Å². The quantitative estimate of drug-likeness (QED) is 0.826. The molecule has 2 rings (SSSR count). The minimum atomic E-state index is 0.0402. The highest BCUT2D eigenvalue weighted by atomic mass is 16.2. The summed E-state index contributed by atoms with van der Waals surface area (Å²) in [5.41, 5.74) is 1.80. The second-order valence-electron chi connectivity index (χ2n) is 4.26. The standard InChI is InChI=1S/C12H17N3O/c1-4-9(3)15-7-11(16)14-10-6-5-8(2)13-12(10)15/h5-6,9H,4,7H2,1-3H3,(H,14,16). The topological polar surface area (TPSA) is 45.2 Å². The molecule has 1 aromatic rings. The number of hydrogen-bond acceptors (Lipinski definition) is 3. The molecule has 0 saturated carbocycles. The summed E-state index contributed by atoms with van der Waals surface area (Å²) in [6, 6.07) is 4.17. The van der Waals surface area contributed by atoms with Crippen LogP contribution >= 0.6 is 0 Å². The van der Waals surface area contributed by atoms with Crippen LogP contribution in [0.3, 0.4) is 0 Å². The zero-order valence-electron chi connectivity index (χ0n) is 9.95. The highest BCUT2D eigenvalue weighted by molar-refractivity contribution is 6.00. The van der Waals surface area contributed by atoms with Crippen LogP contribution in [0.5, 0.6) is 0 Å². The van der Waals surface area contributed by atoms with E-state index in [9.17, 15) is 4.79 Å². The third-order valence-electron chi connectivity index (χ3n) is 3.00. The van der Waals surface area contributed by atoms with Gasteiger partial charge in [0.05, 0.1) is 12.2 Å². The highest BCUT2D eigenvalue weighted by Crippen LogP contribution is 2.29. The molecule has 0 fully saturated rings. The fourth-order valence-corrected chi connectivity index (χ4v) is 1.86. The Bertz CT molecular complexity index is 417. The first-order chi connectivity index (χ1) is 7.61. The summed E-state index contributed by atoms with van der Waals surface area (Å²) in [5, 5.41) is 2.85. The molecule has 0 aromatic carbocycles. The van der Waals surface area contributed by atoms with E-state index in [1.54, 1.807) is 0 Å². The van der Waals surface area contributed by atoms with Crippen molar-refractivity contribution in [1.82, 2.24) is 4.98 Å². The van der Waals surface area contributed by atoms with Gasteiger partial charge in [0.1, 0.15) is 0 Å². The molecule has 1 aliphatic heterocycles. The van der Waals surface area contributed by atoms with E-state index in [0.29, 0.717) is 12.6 Å². The van der Waals surface area contributed by atoms with Crippen molar-refractivity contribution in [3.63, 3.8) is 0 Å². The van der Waals surface area contributed by atoms with Crippen molar-refractivity contribution in [3.8, 4) is 0 Å². The lowest BCUT2D eigenvalue weighted by atomic mass is 10.1. The lowest BCUT2D eigenvalue weighted by Crippen LogP contribution is -2.43. The number of rotatable bonds is 2. The Balaban J connectivity index is 2.43. The van der Waals surface area contributed by atoms with Gasteiger partial charge >= 0.3 is 0 Å². The Morgan fingerprint density at radius 1 is 1.56 bits per heavy atom. The number of anilines is 2. The predicted octanol–water partition coefficient (Wildman–Crippen LogP) is 1.95. The summed E-state index contributed by atoms with van der Waals surface area (Å²) in [6.07, 6.45) is 1.00. The summed E-state index contributed by atoms with van der Waals surface area (Å²) in [7, 11) is 0. The van der Waals surface area contributed by atoms with Crippen molar-refractivity contribution in [2.24, 2.45) is 0 Å². The van der Waals surface area contributed by atoms with Gasteiger partial charge in [-0.1, -0.05) is 6.92 Å². The Morgan fingerprint density at radius 3 is 3.00 bits per heavy atom. The van der Waals surface area contributed by atoms with Crippen LogP contribution in [-0.2, 0) is 4.79 Å². The molecule has 0 radical (unpaired) electrons. The fourth-order valence-electron chi connectivity index (χ4n) is 1.86. The van der Waals surface area contributed by atoms with Gasteiger partial charge in [-0.15, -0.1) is 0 Å². The second-order valence-corrected chi connectivity index (χ2v) is 4.26. The number of carbonyl (C=O) groups excluding carboxylic acids is 1. The summed E-state index contributed by atoms with van der Waals surface area (Å²) in [6.45, 7) is 6.60. The Labute approximate surface area is 95.7 Å². The molecule has 1 unspecified atom stereocenters. The Hall–Kier alpha value is -1.58. The van der Waals surface area contributed by atoms with E-state index < -0.39 is 0 Å². The van der Waals surface area contributed by atoms with Gasteiger partial charge in [-0.05, 0) is 32.4 Å². The molecule has 1 aromatic heterocycles. The first kappa shape index (κ1) is 10.9. The summed E-state index contributed by atoms with van der Waals surface area (Å²) in [5.74, 6) is 0.937. The number of nitrogens with zero attached hydrogens (tertiary/aromatic N) is 2. The first-order valence-electron chi connectivity index (χ1n) is 5.66. The van der Waals surface area contributed by atoms with Crippen molar-refractivity contribution in [2.45, 2.75) is 33.2 Å². The highest BCUT2D eigenvalue weighted by Gasteiger charge is 2.26. The van der Waals surface area contributed by atoms with Crippen molar-refractivity contribution < 1.29 is 4.79 Å². The number of fused-ring (bicyclic) bond motifs is 1. The summed E-state index contributed by atoms with van der Waals surface area (Å²) >= 11 is 0. The molecule has 0 saturated heterocycles. The zero-order chi connectivity index (χ0) is 11.7. The molecule has 1 atom stereocenters. The Kier molecular flexibility index (Phi) is 2.81. The lowest BCUT2D eigenvalue weighted by Gasteiger charge is -2.34. The molecule has 1 amide bonds. The number of amides is 1. The minimum absolute atomic E-state index is 0.0402. The number of hydrogen-bond donors (Lipinski definition) is 1. The van der Waals surface area contributed by atoms with E-state index in [0.717, 1.165) is 23.6 Å². The normalized spacial score (nSPS) is 16.7. The van der Waals surface area contributed by atoms with Gasteiger partial charge in [-0.25, -0.2) is 4.98 Å². The van der Waals surface area contributed by atoms with Crippen LogP contribution in [-0.4, -0.2) is 23.5 Å². The van der Waals surface area contributed by atoms with Gasteiger partial charge in [-0.3, -0.25) is 4.79 Å². The maximum Gasteiger partial charge on any atom is 0.244 e. The number of carbonyl (C=O) groups is 1. The largest absolute Gasteiger partial charge is 0.343 e. The van der Waals surface area contributed by atoms with Crippen LogP contribution in [0.4, 0.5) is 11.5 Å². The summed E-state index contributed by atoms with van der Waals surface area (Å²) < 4.78 is 0. The third-order valence-corrected chi connectivity index (χ3v) is 3.00. The fraction of sp³-hybridized carbons (Fsp3) is 0.500. The molecule has 0 bridgehead atoms. The van der Waals surface area contributed by atoms with Crippen LogP contribution < -0.4 is 10.2 Å². The van der Waals surface area contributed by atoms with Crippen LogP contribution in [0.15, 0.2) is 12.1 Å². The lowest BCUT2D eigenvalue weighted by molar-refractivity contribution is -0.115. The monoisotopic (exact) mass is 219 g/mol. The van der Waals surface area contributed by atoms with Gasteiger partial charge < -0.3 is 10.2 Å². The van der Waals surface area contributed by atoms with Crippen molar-refractivity contribution in [1.29, 1.82) is 0 Å². The first-order valence-corrected chi connectivity index (χ1v) is 5.66. The minimum Gasteiger partial charge on any atom is -0.343 e. The van der Waals surface area contributed by atoms with Gasteiger partial charge in [0.25, 0.3) is 0 Å². The molecule has 0 aliphatic carbocycles. The maximum absolute atomic E-state index is 11.6. The van der Waals surface area contributed by atoms with Crippen LogP contribution in [0, 0.1) is 6.92 Å².